The summed E-state index contributed by atoms with van der Waals surface area (Å²) in [6.07, 6.45) is 2.76. The molecule has 0 aliphatic carbocycles. The van der Waals surface area contributed by atoms with E-state index in [1.807, 2.05) is 19.1 Å². The average molecular weight is 291 g/mol. The number of aryl methyl sites for hydroxylation is 1. The second-order valence-electron chi connectivity index (χ2n) is 4.63. The van der Waals surface area contributed by atoms with Gasteiger partial charge in [-0.05, 0) is 18.1 Å². The molecule has 0 unspecified atom stereocenters. The van der Waals surface area contributed by atoms with Crippen molar-refractivity contribution >= 4 is 11.6 Å². The molecule has 7 heteroatoms. The van der Waals surface area contributed by atoms with Crippen molar-refractivity contribution in [3.63, 3.8) is 0 Å². The molecule has 0 saturated carbocycles. The topological polar surface area (TPSA) is 64.1 Å². The van der Waals surface area contributed by atoms with Gasteiger partial charge in [-0.3, -0.25) is 4.79 Å². The van der Waals surface area contributed by atoms with Crippen LogP contribution < -0.4 is 10.1 Å². The summed E-state index contributed by atoms with van der Waals surface area (Å²) in [5.41, 5.74) is 3.85. The van der Waals surface area contributed by atoms with Gasteiger partial charge in [0.1, 0.15) is 0 Å². The van der Waals surface area contributed by atoms with E-state index in [1.165, 1.54) is 6.20 Å². The maximum atomic E-state index is 12.1. The molecule has 0 atom stereocenters. The number of fused-ring (bicyclic) bond motifs is 1. The monoisotopic (exact) mass is 291 g/mol. The summed E-state index contributed by atoms with van der Waals surface area (Å²) in [5, 5.41) is 2.80. The molecule has 0 fully saturated rings. The van der Waals surface area contributed by atoms with Crippen molar-refractivity contribution in [1.29, 1.82) is 0 Å². The first-order valence-corrected chi connectivity index (χ1v) is 6.24. The van der Waals surface area contributed by atoms with E-state index in [9.17, 15) is 13.6 Å². The van der Waals surface area contributed by atoms with Gasteiger partial charge in [0.05, 0.1) is 24.5 Å². The molecular weight excluding hydrogens is 280 g/mol. The number of ether oxygens (including phenoxy) is 1. The molecule has 2 heterocycles. The average Bonchev–Trinajstić information content (AvgIpc) is 2.82. The fourth-order valence-corrected chi connectivity index (χ4v) is 2.31. The first kappa shape index (κ1) is 13.4. The Morgan fingerprint density at radius 2 is 2.10 bits per heavy atom. The maximum absolute atomic E-state index is 12.1. The first-order chi connectivity index (χ1) is 10.0. The molecule has 1 aliphatic rings. The Balaban J connectivity index is 1.98. The van der Waals surface area contributed by atoms with Crippen molar-refractivity contribution in [2.45, 2.75) is 20.0 Å². The smallest absolute Gasteiger partial charge is 0.388 e. The highest BCUT2D eigenvalue weighted by atomic mass is 19.3. The molecule has 0 spiro atoms. The summed E-state index contributed by atoms with van der Waals surface area (Å²) in [4.78, 5) is 19.4. The van der Waals surface area contributed by atoms with Gasteiger partial charge in [0.2, 0.25) is 11.8 Å². The SMILES string of the molecule is Cc1ccc(-c2cnc(OC(F)F)cn2)c2c1NC(=O)C2. The van der Waals surface area contributed by atoms with Crippen molar-refractivity contribution in [3.8, 4) is 17.1 Å². The molecule has 2 aromatic rings. The minimum absolute atomic E-state index is 0.0776. The molecule has 1 amide bonds. The quantitative estimate of drug-likeness (QED) is 0.944. The second kappa shape index (κ2) is 5.08. The third-order valence-electron chi connectivity index (χ3n) is 3.24. The van der Waals surface area contributed by atoms with Gasteiger partial charge in [0.15, 0.2) is 0 Å². The Bertz CT molecular complexity index is 702. The molecule has 3 rings (SSSR count). The molecule has 0 radical (unpaired) electrons. The third-order valence-corrected chi connectivity index (χ3v) is 3.24. The Morgan fingerprint density at radius 3 is 2.76 bits per heavy atom. The Kier molecular flexibility index (Phi) is 3.25. The van der Waals surface area contributed by atoms with Crippen molar-refractivity contribution in [3.05, 3.63) is 35.7 Å². The molecule has 0 saturated heterocycles. The van der Waals surface area contributed by atoms with Crippen LogP contribution in [-0.2, 0) is 11.2 Å². The summed E-state index contributed by atoms with van der Waals surface area (Å²) in [7, 11) is 0. The molecule has 108 valence electrons. The number of amides is 1. The van der Waals surface area contributed by atoms with E-state index in [1.54, 1.807) is 0 Å². The summed E-state index contributed by atoms with van der Waals surface area (Å²) < 4.78 is 28.3. The molecule has 5 nitrogen and oxygen atoms in total. The summed E-state index contributed by atoms with van der Waals surface area (Å²) in [6, 6.07) is 3.71. The Labute approximate surface area is 119 Å². The van der Waals surface area contributed by atoms with Gasteiger partial charge < -0.3 is 10.1 Å². The van der Waals surface area contributed by atoms with Crippen LogP contribution in [0.3, 0.4) is 0 Å². The summed E-state index contributed by atoms with van der Waals surface area (Å²) in [5.74, 6) is -0.321. The first-order valence-electron chi connectivity index (χ1n) is 6.24. The van der Waals surface area contributed by atoms with Crippen molar-refractivity contribution in [2.75, 3.05) is 5.32 Å². The van der Waals surface area contributed by atoms with Crippen LogP contribution in [0.25, 0.3) is 11.3 Å². The molecule has 0 bridgehead atoms. The highest BCUT2D eigenvalue weighted by Gasteiger charge is 2.23. The number of nitrogens with zero attached hydrogens (tertiary/aromatic N) is 2. The fraction of sp³-hybridized carbons (Fsp3) is 0.214. The summed E-state index contributed by atoms with van der Waals surface area (Å²) >= 11 is 0. The maximum Gasteiger partial charge on any atom is 0.388 e. The number of carbonyl (C=O) groups excluding carboxylic acids is 1. The zero-order chi connectivity index (χ0) is 15.0. The molecule has 21 heavy (non-hydrogen) atoms. The number of anilines is 1. The Morgan fingerprint density at radius 1 is 1.29 bits per heavy atom. The number of alkyl halides is 2. The van der Waals surface area contributed by atoms with E-state index in [0.29, 0.717) is 5.69 Å². The number of carbonyl (C=O) groups is 1. The number of nitrogens with one attached hydrogen (secondary N) is 1. The normalized spacial score (nSPS) is 13.2. The number of aromatic nitrogens is 2. The van der Waals surface area contributed by atoms with Gasteiger partial charge in [0.25, 0.3) is 0 Å². The van der Waals surface area contributed by atoms with Crippen LogP contribution in [0.15, 0.2) is 24.5 Å². The zero-order valence-corrected chi connectivity index (χ0v) is 11.1. The predicted octanol–water partition coefficient (Wildman–Crippen LogP) is 2.55. The van der Waals surface area contributed by atoms with E-state index in [-0.39, 0.29) is 18.2 Å². The highest BCUT2D eigenvalue weighted by Crippen LogP contribution is 2.34. The number of hydrogen-bond acceptors (Lipinski definition) is 4. The molecule has 1 N–H and O–H groups in total. The van der Waals surface area contributed by atoms with Crippen LogP contribution in [0.5, 0.6) is 5.88 Å². The van der Waals surface area contributed by atoms with Gasteiger partial charge >= 0.3 is 6.61 Å². The molecule has 1 aliphatic heterocycles. The lowest BCUT2D eigenvalue weighted by Gasteiger charge is -2.09. The zero-order valence-electron chi connectivity index (χ0n) is 11.1. The summed E-state index contributed by atoms with van der Waals surface area (Å²) in [6.45, 7) is -1.03. The fourth-order valence-electron chi connectivity index (χ4n) is 2.31. The van der Waals surface area contributed by atoms with Crippen LogP contribution >= 0.6 is 0 Å². The lowest BCUT2D eigenvalue weighted by Crippen LogP contribution is -2.04. The van der Waals surface area contributed by atoms with Crippen molar-refractivity contribution < 1.29 is 18.3 Å². The van der Waals surface area contributed by atoms with Crippen LogP contribution in [-0.4, -0.2) is 22.5 Å². The second-order valence-corrected chi connectivity index (χ2v) is 4.63. The van der Waals surface area contributed by atoms with E-state index in [0.717, 1.165) is 28.6 Å². The third kappa shape index (κ3) is 2.54. The highest BCUT2D eigenvalue weighted by molar-refractivity contribution is 6.02. The van der Waals surface area contributed by atoms with Crippen LogP contribution in [0.2, 0.25) is 0 Å². The molecule has 1 aromatic heterocycles. The van der Waals surface area contributed by atoms with Crippen LogP contribution in [0, 0.1) is 6.92 Å². The van der Waals surface area contributed by atoms with Crippen molar-refractivity contribution in [1.82, 2.24) is 9.97 Å². The van der Waals surface area contributed by atoms with E-state index >= 15 is 0 Å². The van der Waals surface area contributed by atoms with Gasteiger partial charge in [-0.2, -0.15) is 8.78 Å². The van der Waals surface area contributed by atoms with E-state index in [4.69, 9.17) is 0 Å². The van der Waals surface area contributed by atoms with Gasteiger partial charge in [-0.15, -0.1) is 0 Å². The van der Waals surface area contributed by atoms with Crippen molar-refractivity contribution in [2.24, 2.45) is 0 Å². The van der Waals surface area contributed by atoms with E-state index in [2.05, 4.69) is 20.0 Å². The lowest BCUT2D eigenvalue weighted by atomic mass is 9.99. The largest absolute Gasteiger partial charge is 0.415 e. The number of halogens is 2. The number of benzene rings is 1. The molecule has 1 aromatic carbocycles. The van der Waals surface area contributed by atoms with Crippen LogP contribution in [0.4, 0.5) is 14.5 Å². The predicted molar refractivity (Wildman–Crippen MR) is 71.2 cm³/mol. The van der Waals surface area contributed by atoms with Gasteiger partial charge in [-0.25, -0.2) is 9.97 Å². The lowest BCUT2D eigenvalue weighted by molar-refractivity contribution is -0.115. The van der Waals surface area contributed by atoms with Gasteiger partial charge in [0, 0.05) is 11.3 Å². The standard InChI is InChI=1S/C14H11F2N3O2/c1-7-2-3-8(9-4-11(20)19-13(7)9)10-5-18-12(6-17-10)21-14(15)16/h2-3,5-6,14H,4H2,1H3,(H,19,20). The van der Waals surface area contributed by atoms with E-state index < -0.39 is 6.61 Å². The van der Waals surface area contributed by atoms with Crippen LogP contribution in [0.1, 0.15) is 11.1 Å². The minimum atomic E-state index is -2.93. The van der Waals surface area contributed by atoms with Gasteiger partial charge in [-0.1, -0.05) is 12.1 Å². The number of hydrogen-bond donors (Lipinski definition) is 1. The molecular formula is C14H11F2N3O2. The minimum Gasteiger partial charge on any atom is -0.415 e. The Hall–Kier alpha value is -2.57. The number of rotatable bonds is 3.